The highest BCUT2D eigenvalue weighted by Crippen LogP contribution is 2.26. The fourth-order valence-electron chi connectivity index (χ4n) is 3.95. The van der Waals surface area contributed by atoms with E-state index in [1.54, 1.807) is 38.3 Å². The van der Waals surface area contributed by atoms with Gasteiger partial charge in [-0.3, -0.25) is 24.2 Å². The van der Waals surface area contributed by atoms with Gasteiger partial charge in [0, 0.05) is 13.1 Å². The second-order valence-electron chi connectivity index (χ2n) is 7.87. The number of rotatable bonds is 7. The molecule has 2 aliphatic heterocycles. The lowest BCUT2D eigenvalue weighted by Crippen LogP contribution is -2.45. The minimum Gasteiger partial charge on any atom is -0.497 e. The van der Waals surface area contributed by atoms with Gasteiger partial charge in [0.15, 0.2) is 0 Å². The Labute approximate surface area is 179 Å². The van der Waals surface area contributed by atoms with Crippen LogP contribution in [0.1, 0.15) is 39.6 Å². The molecule has 0 bridgehead atoms. The SMILES string of the molecule is COc1ccc(CC[C@@]2(C)NC(=O)N(CCN3C(=O)c4ccccc4C3=O)C2=O)cc1. The molecule has 8 nitrogen and oxygen atoms in total. The number of carbonyl (C=O) groups excluding carboxylic acids is 4. The van der Waals surface area contributed by atoms with E-state index in [1.807, 2.05) is 24.3 Å². The number of nitrogens with one attached hydrogen (secondary N) is 1. The van der Waals surface area contributed by atoms with Crippen LogP contribution in [0.3, 0.4) is 0 Å². The molecule has 2 aromatic carbocycles. The molecule has 0 unspecified atom stereocenters. The van der Waals surface area contributed by atoms with E-state index < -0.39 is 23.4 Å². The molecule has 8 heteroatoms. The Morgan fingerprint density at radius 1 is 0.871 bits per heavy atom. The summed E-state index contributed by atoms with van der Waals surface area (Å²) in [5.41, 5.74) is 0.663. The van der Waals surface area contributed by atoms with Gasteiger partial charge in [-0.2, -0.15) is 0 Å². The van der Waals surface area contributed by atoms with Gasteiger partial charge in [-0.05, 0) is 49.6 Å². The van der Waals surface area contributed by atoms with E-state index in [9.17, 15) is 19.2 Å². The van der Waals surface area contributed by atoms with Gasteiger partial charge >= 0.3 is 6.03 Å². The Hall–Kier alpha value is -3.68. The van der Waals surface area contributed by atoms with Crippen molar-refractivity contribution in [3.8, 4) is 5.75 Å². The molecular formula is C23H23N3O5. The summed E-state index contributed by atoms with van der Waals surface area (Å²) in [4.78, 5) is 52.6. The van der Waals surface area contributed by atoms with Gasteiger partial charge < -0.3 is 10.1 Å². The lowest BCUT2D eigenvalue weighted by Gasteiger charge is -2.22. The number of methoxy groups -OCH3 is 1. The molecule has 2 aliphatic rings. The van der Waals surface area contributed by atoms with Gasteiger partial charge in [0.1, 0.15) is 11.3 Å². The summed E-state index contributed by atoms with van der Waals surface area (Å²) in [6.07, 6.45) is 1.02. The zero-order valence-electron chi connectivity index (χ0n) is 17.4. The number of amides is 5. The lowest BCUT2D eigenvalue weighted by molar-refractivity contribution is -0.131. The number of urea groups is 1. The second-order valence-corrected chi connectivity index (χ2v) is 7.87. The average Bonchev–Trinajstić information content (AvgIpc) is 3.15. The number of hydrogen-bond acceptors (Lipinski definition) is 5. The van der Waals surface area contributed by atoms with Crippen molar-refractivity contribution in [3.05, 3.63) is 65.2 Å². The maximum Gasteiger partial charge on any atom is 0.325 e. The predicted octanol–water partition coefficient (Wildman–Crippen LogP) is 2.23. The van der Waals surface area contributed by atoms with Crippen molar-refractivity contribution in [2.24, 2.45) is 0 Å². The Balaban J connectivity index is 1.39. The predicted molar refractivity (Wildman–Crippen MR) is 112 cm³/mol. The van der Waals surface area contributed by atoms with Gasteiger partial charge in [0.05, 0.1) is 18.2 Å². The lowest BCUT2D eigenvalue weighted by atomic mass is 9.93. The van der Waals surface area contributed by atoms with Crippen LogP contribution in [0.25, 0.3) is 0 Å². The first-order valence-electron chi connectivity index (χ1n) is 10.1. The quantitative estimate of drug-likeness (QED) is 0.546. The highest BCUT2D eigenvalue weighted by molar-refractivity contribution is 6.21. The number of hydrogen-bond donors (Lipinski definition) is 1. The van der Waals surface area contributed by atoms with Gasteiger partial charge in [0.2, 0.25) is 0 Å². The number of fused-ring (bicyclic) bond motifs is 1. The van der Waals surface area contributed by atoms with Crippen LogP contribution >= 0.6 is 0 Å². The summed E-state index contributed by atoms with van der Waals surface area (Å²) in [5, 5.41) is 2.76. The van der Waals surface area contributed by atoms with Crippen LogP contribution in [0.15, 0.2) is 48.5 Å². The van der Waals surface area contributed by atoms with E-state index >= 15 is 0 Å². The van der Waals surface area contributed by atoms with Crippen LogP contribution in [0, 0.1) is 0 Å². The average molecular weight is 421 g/mol. The molecule has 1 atom stereocenters. The summed E-state index contributed by atoms with van der Waals surface area (Å²) >= 11 is 0. The maximum absolute atomic E-state index is 13.0. The number of aryl methyl sites for hydroxylation is 1. The minimum atomic E-state index is -1.04. The molecule has 0 aliphatic carbocycles. The van der Waals surface area contributed by atoms with E-state index in [0.717, 1.165) is 21.1 Å². The van der Waals surface area contributed by atoms with E-state index in [-0.39, 0.29) is 19.0 Å². The van der Waals surface area contributed by atoms with Crippen LogP contribution in [-0.4, -0.2) is 59.3 Å². The van der Waals surface area contributed by atoms with Gasteiger partial charge in [-0.15, -0.1) is 0 Å². The third-order valence-electron chi connectivity index (χ3n) is 5.84. The fourth-order valence-corrected chi connectivity index (χ4v) is 3.95. The molecule has 0 saturated carbocycles. The first kappa shape index (κ1) is 20.6. The van der Waals surface area contributed by atoms with Crippen LogP contribution in [-0.2, 0) is 11.2 Å². The number of carbonyl (C=O) groups is 4. The molecule has 1 fully saturated rings. The summed E-state index contributed by atoms with van der Waals surface area (Å²) in [7, 11) is 1.60. The highest BCUT2D eigenvalue weighted by Gasteiger charge is 2.47. The van der Waals surface area contributed by atoms with Crippen molar-refractivity contribution in [2.75, 3.05) is 20.2 Å². The minimum absolute atomic E-state index is 0.0416. The highest BCUT2D eigenvalue weighted by atomic mass is 16.5. The Morgan fingerprint density at radius 2 is 1.45 bits per heavy atom. The monoisotopic (exact) mass is 421 g/mol. The zero-order valence-corrected chi connectivity index (χ0v) is 17.4. The van der Waals surface area contributed by atoms with Gasteiger partial charge in [-0.1, -0.05) is 24.3 Å². The van der Waals surface area contributed by atoms with Crippen molar-refractivity contribution in [2.45, 2.75) is 25.3 Å². The van der Waals surface area contributed by atoms with Gasteiger partial charge in [0.25, 0.3) is 17.7 Å². The van der Waals surface area contributed by atoms with Crippen molar-refractivity contribution < 1.29 is 23.9 Å². The molecule has 0 radical (unpaired) electrons. The third kappa shape index (κ3) is 3.65. The van der Waals surface area contributed by atoms with Crippen molar-refractivity contribution >= 4 is 23.8 Å². The first-order chi connectivity index (χ1) is 14.8. The summed E-state index contributed by atoms with van der Waals surface area (Å²) in [5.74, 6) is -0.424. The molecule has 1 N–H and O–H groups in total. The molecule has 5 amide bonds. The number of nitrogens with zero attached hydrogens (tertiary/aromatic N) is 2. The third-order valence-corrected chi connectivity index (χ3v) is 5.84. The molecule has 2 aromatic rings. The first-order valence-corrected chi connectivity index (χ1v) is 10.1. The molecule has 2 heterocycles. The molecular weight excluding hydrogens is 398 g/mol. The second kappa shape index (κ2) is 7.86. The van der Waals surface area contributed by atoms with Crippen molar-refractivity contribution in [1.82, 2.24) is 15.1 Å². The molecule has 160 valence electrons. The number of benzene rings is 2. The van der Waals surface area contributed by atoms with Crippen LogP contribution in [0.4, 0.5) is 4.79 Å². The molecule has 1 saturated heterocycles. The van der Waals surface area contributed by atoms with Crippen LogP contribution < -0.4 is 10.1 Å². The Morgan fingerprint density at radius 3 is 2.03 bits per heavy atom. The summed E-state index contributed by atoms with van der Waals surface area (Å²) < 4.78 is 5.15. The summed E-state index contributed by atoms with van der Waals surface area (Å²) in [6.45, 7) is 1.60. The number of imide groups is 2. The summed E-state index contributed by atoms with van der Waals surface area (Å²) in [6, 6.07) is 13.6. The van der Waals surface area contributed by atoms with Crippen LogP contribution in [0.2, 0.25) is 0 Å². The smallest absolute Gasteiger partial charge is 0.325 e. The molecule has 0 aromatic heterocycles. The zero-order chi connectivity index (χ0) is 22.2. The van der Waals surface area contributed by atoms with Crippen molar-refractivity contribution in [3.63, 3.8) is 0 Å². The molecule has 31 heavy (non-hydrogen) atoms. The largest absolute Gasteiger partial charge is 0.497 e. The van der Waals surface area contributed by atoms with E-state index in [1.165, 1.54) is 0 Å². The van der Waals surface area contributed by atoms with Crippen molar-refractivity contribution in [1.29, 1.82) is 0 Å². The standard InChI is InChI=1S/C23H23N3O5/c1-23(12-11-15-7-9-16(31-2)10-8-15)21(29)26(22(30)24-23)14-13-25-19(27)17-5-3-4-6-18(17)20(25)28/h3-10H,11-14H2,1-2H3,(H,24,30)/t23-/m1/s1. The van der Waals surface area contributed by atoms with Crippen LogP contribution in [0.5, 0.6) is 5.75 Å². The van der Waals surface area contributed by atoms with E-state index in [0.29, 0.717) is 24.0 Å². The topological polar surface area (TPSA) is 96.0 Å². The Bertz CT molecular complexity index is 1030. The Kier molecular flexibility index (Phi) is 5.22. The van der Waals surface area contributed by atoms with Gasteiger partial charge in [-0.25, -0.2) is 4.79 Å². The van der Waals surface area contributed by atoms with E-state index in [2.05, 4.69) is 5.32 Å². The number of ether oxygens (including phenoxy) is 1. The molecule has 4 rings (SSSR count). The maximum atomic E-state index is 13.0. The fraction of sp³-hybridized carbons (Fsp3) is 0.304. The molecule has 0 spiro atoms. The normalized spacial score (nSPS) is 20.3. The van der Waals surface area contributed by atoms with E-state index in [4.69, 9.17) is 4.74 Å².